The molecule has 0 heterocycles. The molecule has 1 aliphatic carbocycles. The Balaban J connectivity index is 2.15. The van der Waals surface area contributed by atoms with Crippen molar-refractivity contribution in [1.29, 1.82) is 0 Å². The van der Waals surface area contributed by atoms with Crippen LogP contribution in [0, 0.1) is 0 Å². The third kappa shape index (κ3) is 1.37. The normalized spacial score (nSPS) is 31.7. The number of rotatable bonds is 3. The SMILES string of the molecule is CCC1(NC)CC1c1ccccc1. The quantitative estimate of drug-likeness (QED) is 0.744. The largest absolute Gasteiger partial charge is 0.314 e. The Labute approximate surface area is 80.2 Å². The molecule has 1 saturated carbocycles. The molecule has 1 heteroatoms. The van der Waals surface area contributed by atoms with Gasteiger partial charge in [0.1, 0.15) is 0 Å². The minimum Gasteiger partial charge on any atom is -0.314 e. The molecule has 0 radical (unpaired) electrons. The second kappa shape index (κ2) is 3.15. The first-order valence-electron chi connectivity index (χ1n) is 5.06. The molecule has 1 fully saturated rings. The maximum absolute atomic E-state index is 3.45. The van der Waals surface area contributed by atoms with Crippen LogP contribution in [0.4, 0.5) is 0 Å². The lowest BCUT2D eigenvalue weighted by molar-refractivity contribution is 0.516. The lowest BCUT2D eigenvalue weighted by Gasteiger charge is -2.13. The van der Waals surface area contributed by atoms with Crippen molar-refractivity contribution in [2.45, 2.75) is 31.2 Å². The van der Waals surface area contributed by atoms with Crippen molar-refractivity contribution < 1.29 is 0 Å². The fraction of sp³-hybridized carbons (Fsp3) is 0.500. The van der Waals surface area contributed by atoms with Gasteiger partial charge in [-0.3, -0.25) is 0 Å². The second-order valence-corrected chi connectivity index (χ2v) is 3.93. The van der Waals surface area contributed by atoms with Crippen LogP contribution in [0.25, 0.3) is 0 Å². The molecule has 2 atom stereocenters. The zero-order valence-electron chi connectivity index (χ0n) is 8.38. The van der Waals surface area contributed by atoms with Crippen LogP contribution in [0.15, 0.2) is 30.3 Å². The second-order valence-electron chi connectivity index (χ2n) is 3.93. The van der Waals surface area contributed by atoms with Crippen molar-refractivity contribution in [3.05, 3.63) is 35.9 Å². The Kier molecular flexibility index (Phi) is 2.12. The molecule has 70 valence electrons. The van der Waals surface area contributed by atoms with Crippen molar-refractivity contribution in [3.8, 4) is 0 Å². The molecular weight excluding hydrogens is 158 g/mol. The summed E-state index contributed by atoms with van der Waals surface area (Å²) in [6, 6.07) is 10.8. The molecule has 1 N–H and O–H groups in total. The molecule has 0 aliphatic heterocycles. The molecule has 0 spiro atoms. The molecule has 0 bridgehead atoms. The molecule has 1 nitrogen and oxygen atoms in total. The summed E-state index contributed by atoms with van der Waals surface area (Å²) in [7, 11) is 2.08. The van der Waals surface area contributed by atoms with Gasteiger partial charge in [0.2, 0.25) is 0 Å². The van der Waals surface area contributed by atoms with Gasteiger partial charge in [0, 0.05) is 11.5 Å². The van der Waals surface area contributed by atoms with Crippen molar-refractivity contribution >= 4 is 0 Å². The number of benzene rings is 1. The van der Waals surface area contributed by atoms with E-state index < -0.39 is 0 Å². The first-order chi connectivity index (χ1) is 6.32. The summed E-state index contributed by atoms with van der Waals surface area (Å²) in [6.07, 6.45) is 2.52. The molecule has 0 aromatic heterocycles. The summed E-state index contributed by atoms with van der Waals surface area (Å²) >= 11 is 0. The third-order valence-corrected chi connectivity index (χ3v) is 3.41. The Morgan fingerprint density at radius 1 is 1.38 bits per heavy atom. The molecule has 1 aromatic carbocycles. The van der Waals surface area contributed by atoms with Crippen LogP contribution < -0.4 is 5.32 Å². The summed E-state index contributed by atoms with van der Waals surface area (Å²) < 4.78 is 0. The van der Waals surface area contributed by atoms with Gasteiger partial charge in [-0.15, -0.1) is 0 Å². The van der Waals surface area contributed by atoms with Crippen molar-refractivity contribution in [3.63, 3.8) is 0 Å². The first-order valence-corrected chi connectivity index (χ1v) is 5.06. The monoisotopic (exact) mass is 175 g/mol. The molecule has 1 aromatic rings. The van der Waals surface area contributed by atoms with E-state index in [-0.39, 0.29) is 0 Å². The first kappa shape index (κ1) is 8.76. The van der Waals surface area contributed by atoms with Crippen LogP contribution in [0.1, 0.15) is 31.2 Å². The highest BCUT2D eigenvalue weighted by molar-refractivity contribution is 5.32. The van der Waals surface area contributed by atoms with E-state index in [0.717, 1.165) is 5.92 Å². The summed E-state index contributed by atoms with van der Waals surface area (Å²) in [5, 5.41) is 3.45. The molecule has 2 rings (SSSR count). The van der Waals surface area contributed by atoms with Crippen LogP contribution in [-0.4, -0.2) is 12.6 Å². The van der Waals surface area contributed by atoms with E-state index in [0.29, 0.717) is 5.54 Å². The van der Waals surface area contributed by atoms with Gasteiger partial charge in [-0.25, -0.2) is 0 Å². The Morgan fingerprint density at radius 3 is 2.54 bits per heavy atom. The van der Waals surface area contributed by atoms with Crippen LogP contribution >= 0.6 is 0 Å². The predicted octanol–water partition coefficient (Wildman–Crippen LogP) is 2.54. The van der Waals surface area contributed by atoms with Gasteiger partial charge in [-0.1, -0.05) is 37.3 Å². The molecule has 0 amide bonds. The maximum atomic E-state index is 3.45. The Morgan fingerprint density at radius 2 is 2.08 bits per heavy atom. The van der Waals surface area contributed by atoms with Gasteiger partial charge in [0.25, 0.3) is 0 Å². The van der Waals surface area contributed by atoms with E-state index in [9.17, 15) is 0 Å². The van der Waals surface area contributed by atoms with Crippen LogP contribution in [0.3, 0.4) is 0 Å². The van der Waals surface area contributed by atoms with E-state index in [1.54, 1.807) is 0 Å². The van der Waals surface area contributed by atoms with E-state index in [1.807, 2.05) is 0 Å². The van der Waals surface area contributed by atoms with Gasteiger partial charge in [0.15, 0.2) is 0 Å². The molecular formula is C12H17N. The average Bonchev–Trinajstić information content (AvgIpc) is 2.95. The highest BCUT2D eigenvalue weighted by Crippen LogP contribution is 2.53. The number of hydrogen-bond acceptors (Lipinski definition) is 1. The number of likely N-dealkylation sites (N-methyl/N-ethyl adjacent to an activating group) is 1. The van der Waals surface area contributed by atoms with Crippen molar-refractivity contribution in [2.75, 3.05) is 7.05 Å². The molecule has 13 heavy (non-hydrogen) atoms. The van der Waals surface area contributed by atoms with Gasteiger partial charge in [0.05, 0.1) is 0 Å². The summed E-state index contributed by atoms with van der Waals surface area (Å²) in [4.78, 5) is 0. The fourth-order valence-electron chi connectivity index (χ4n) is 2.27. The van der Waals surface area contributed by atoms with Crippen molar-refractivity contribution in [1.82, 2.24) is 5.32 Å². The van der Waals surface area contributed by atoms with E-state index in [2.05, 4.69) is 49.6 Å². The summed E-state index contributed by atoms with van der Waals surface area (Å²) in [5.41, 5.74) is 1.89. The smallest absolute Gasteiger partial charge is 0.0251 e. The van der Waals surface area contributed by atoms with Gasteiger partial charge < -0.3 is 5.32 Å². The third-order valence-electron chi connectivity index (χ3n) is 3.41. The minimum absolute atomic E-state index is 0.404. The molecule has 1 aliphatic rings. The zero-order chi connectivity index (χ0) is 9.31. The molecule has 2 unspecified atom stereocenters. The number of nitrogens with one attached hydrogen (secondary N) is 1. The summed E-state index contributed by atoms with van der Waals surface area (Å²) in [6.45, 7) is 2.26. The van der Waals surface area contributed by atoms with Crippen LogP contribution in [0.5, 0.6) is 0 Å². The van der Waals surface area contributed by atoms with E-state index >= 15 is 0 Å². The Hall–Kier alpha value is -0.820. The standard InChI is InChI=1S/C12H17N/c1-3-12(13-2)9-11(12)10-7-5-4-6-8-10/h4-8,11,13H,3,9H2,1-2H3. The van der Waals surface area contributed by atoms with Gasteiger partial charge in [-0.05, 0) is 25.5 Å². The van der Waals surface area contributed by atoms with Crippen LogP contribution in [0.2, 0.25) is 0 Å². The van der Waals surface area contributed by atoms with Crippen molar-refractivity contribution in [2.24, 2.45) is 0 Å². The fourth-order valence-corrected chi connectivity index (χ4v) is 2.27. The van der Waals surface area contributed by atoms with Crippen LogP contribution in [-0.2, 0) is 0 Å². The van der Waals surface area contributed by atoms with E-state index in [4.69, 9.17) is 0 Å². The highest BCUT2D eigenvalue weighted by Gasteiger charge is 2.51. The average molecular weight is 175 g/mol. The van der Waals surface area contributed by atoms with Gasteiger partial charge >= 0.3 is 0 Å². The predicted molar refractivity (Wildman–Crippen MR) is 55.9 cm³/mol. The van der Waals surface area contributed by atoms with E-state index in [1.165, 1.54) is 18.4 Å². The Bertz CT molecular complexity index is 274. The maximum Gasteiger partial charge on any atom is 0.0251 e. The minimum atomic E-state index is 0.404. The molecule has 0 saturated heterocycles. The lowest BCUT2D eigenvalue weighted by Crippen LogP contribution is -2.28. The number of hydrogen-bond donors (Lipinski definition) is 1. The topological polar surface area (TPSA) is 12.0 Å². The van der Waals surface area contributed by atoms with Gasteiger partial charge in [-0.2, -0.15) is 0 Å². The summed E-state index contributed by atoms with van der Waals surface area (Å²) in [5.74, 6) is 0.740. The lowest BCUT2D eigenvalue weighted by atomic mass is 10.0. The zero-order valence-corrected chi connectivity index (χ0v) is 8.38. The highest BCUT2D eigenvalue weighted by atomic mass is 15.0.